The van der Waals surface area contributed by atoms with Crippen molar-refractivity contribution in [3.05, 3.63) is 72.1 Å². The third-order valence-corrected chi connectivity index (χ3v) is 6.95. The Balaban J connectivity index is 1.42. The van der Waals surface area contributed by atoms with Crippen molar-refractivity contribution in [2.45, 2.75) is 18.1 Å². The zero-order valence-electron chi connectivity index (χ0n) is 17.1. The predicted octanol–water partition coefficient (Wildman–Crippen LogP) is 4.59. The van der Waals surface area contributed by atoms with E-state index < -0.39 is 0 Å². The number of hydrogen-bond donors (Lipinski definition) is 0. The highest BCUT2D eigenvalue weighted by atomic mass is 19.1. The minimum absolute atomic E-state index is 0.0511. The molecule has 0 aliphatic carbocycles. The lowest BCUT2D eigenvalue weighted by atomic mass is 9.89. The predicted molar refractivity (Wildman–Crippen MR) is 115 cm³/mol. The summed E-state index contributed by atoms with van der Waals surface area (Å²) in [7, 11) is 4.17. The van der Waals surface area contributed by atoms with Crippen molar-refractivity contribution in [1.29, 1.82) is 0 Å². The Kier molecular flexibility index (Phi) is 3.86. The molecule has 0 amide bonds. The van der Waals surface area contributed by atoms with Gasteiger partial charge in [-0.2, -0.15) is 0 Å². The van der Waals surface area contributed by atoms with Crippen LogP contribution in [0, 0.1) is 11.6 Å². The van der Waals surface area contributed by atoms with Crippen LogP contribution in [0.3, 0.4) is 0 Å². The fourth-order valence-electron chi connectivity index (χ4n) is 5.36. The Morgan fingerprint density at radius 3 is 2.40 bits per heavy atom. The second-order valence-corrected chi connectivity index (χ2v) is 8.91. The Morgan fingerprint density at radius 1 is 0.833 bits per heavy atom. The topological polar surface area (TPSA) is 16.3 Å². The van der Waals surface area contributed by atoms with Crippen LogP contribution in [0.25, 0.3) is 21.8 Å². The van der Waals surface area contributed by atoms with E-state index in [-0.39, 0.29) is 23.7 Å². The molecule has 2 fully saturated rings. The highest BCUT2D eigenvalue weighted by molar-refractivity contribution is 5.82. The first-order valence-electron chi connectivity index (χ1n) is 10.4. The molecule has 2 aromatic carbocycles. The van der Waals surface area contributed by atoms with Crippen LogP contribution in [0.15, 0.2) is 54.9 Å². The lowest BCUT2D eigenvalue weighted by Crippen LogP contribution is -2.48. The number of benzene rings is 2. The molecule has 0 N–H and O–H groups in total. The standard InChI is InChI=1S/C24H24F2N4/c1-27-12-18(13-27)29-8-6-19-20(26)9-16(10-22(19)29)24-23(14-28(24)2)30-7-5-15-3-4-17(25)11-21(15)30/h3-11,18,23-24H,12-14H2,1-2H3. The first kappa shape index (κ1) is 18.1. The number of rotatable bonds is 3. The van der Waals surface area contributed by atoms with Gasteiger partial charge in [0.2, 0.25) is 0 Å². The molecule has 4 aromatic rings. The van der Waals surface area contributed by atoms with Gasteiger partial charge in [-0.25, -0.2) is 8.78 Å². The normalized spacial score (nSPS) is 23.2. The van der Waals surface area contributed by atoms with Crippen molar-refractivity contribution < 1.29 is 8.78 Å². The van der Waals surface area contributed by atoms with Gasteiger partial charge in [-0.15, -0.1) is 0 Å². The molecule has 4 nitrogen and oxygen atoms in total. The van der Waals surface area contributed by atoms with Crippen LogP contribution in [0.5, 0.6) is 0 Å². The minimum atomic E-state index is -0.234. The average Bonchev–Trinajstić information content (AvgIpc) is 3.27. The maximum atomic E-state index is 15.0. The quantitative estimate of drug-likeness (QED) is 0.495. The first-order chi connectivity index (χ1) is 14.5. The van der Waals surface area contributed by atoms with E-state index in [0.717, 1.165) is 41.6 Å². The van der Waals surface area contributed by atoms with E-state index in [1.807, 2.05) is 30.6 Å². The van der Waals surface area contributed by atoms with Crippen LogP contribution >= 0.6 is 0 Å². The van der Waals surface area contributed by atoms with Crippen molar-refractivity contribution in [2.24, 2.45) is 0 Å². The van der Waals surface area contributed by atoms with Crippen LogP contribution in [-0.2, 0) is 0 Å². The number of fused-ring (bicyclic) bond motifs is 2. The third kappa shape index (κ3) is 2.57. The van der Waals surface area contributed by atoms with Gasteiger partial charge >= 0.3 is 0 Å². The summed E-state index contributed by atoms with van der Waals surface area (Å²) in [5, 5.41) is 1.70. The van der Waals surface area contributed by atoms with Crippen molar-refractivity contribution in [3.63, 3.8) is 0 Å². The van der Waals surface area contributed by atoms with E-state index in [1.54, 1.807) is 12.1 Å². The second kappa shape index (κ2) is 6.40. The van der Waals surface area contributed by atoms with Crippen molar-refractivity contribution in [3.8, 4) is 0 Å². The summed E-state index contributed by atoms with van der Waals surface area (Å²) in [4.78, 5) is 4.50. The second-order valence-electron chi connectivity index (χ2n) is 8.91. The maximum Gasteiger partial charge on any atom is 0.132 e. The molecule has 2 aliphatic rings. The van der Waals surface area contributed by atoms with Crippen molar-refractivity contribution >= 4 is 21.8 Å². The molecular weight excluding hydrogens is 382 g/mol. The van der Waals surface area contributed by atoms with E-state index in [1.165, 1.54) is 6.07 Å². The SMILES string of the molecule is CN1CC(n2ccc3c(F)cc(C4C(n5ccc6ccc(F)cc65)CN4C)cc32)C1. The van der Waals surface area contributed by atoms with Gasteiger partial charge in [0.1, 0.15) is 11.6 Å². The van der Waals surface area contributed by atoms with E-state index in [9.17, 15) is 4.39 Å². The Morgan fingerprint density at radius 2 is 1.63 bits per heavy atom. The monoisotopic (exact) mass is 406 g/mol. The number of halogens is 2. The lowest BCUT2D eigenvalue weighted by molar-refractivity contribution is 0.0513. The molecule has 30 heavy (non-hydrogen) atoms. The first-order valence-corrected chi connectivity index (χ1v) is 10.4. The Bertz CT molecular complexity index is 1270. The Labute approximate surface area is 173 Å². The summed E-state index contributed by atoms with van der Waals surface area (Å²) >= 11 is 0. The smallest absolute Gasteiger partial charge is 0.132 e. The van der Waals surface area contributed by atoms with E-state index in [4.69, 9.17) is 0 Å². The molecule has 2 unspecified atom stereocenters. The molecule has 0 bridgehead atoms. The molecule has 0 radical (unpaired) electrons. The van der Waals surface area contributed by atoms with Gasteiger partial charge in [0, 0.05) is 37.4 Å². The molecule has 2 aromatic heterocycles. The van der Waals surface area contributed by atoms with Gasteiger partial charge in [-0.1, -0.05) is 0 Å². The van der Waals surface area contributed by atoms with E-state index in [0.29, 0.717) is 11.4 Å². The third-order valence-electron chi connectivity index (χ3n) is 6.95. The summed E-state index contributed by atoms with van der Waals surface area (Å²) < 4.78 is 33.3. The number of aromatic nitrogens is 2. The largest absolute Gasteiger partial charge is 0.342 e. The fraction of sp³-hybridized carbons (Fsp3) is 0.333. The molecule has 2 saturated heterocycles. The van der Waals surface area contributed by atoms with Gasteiger partial charge in [-0.3, -0.25) is 4.90 Å². The van der Waals surface area contributed by atoms with Gasteiger partial charge in [-0.05, 0) is 67.5 Å². The van der Waals surface area contributed by atoms with Crippen LogP contribution in [0.1, 0.15) is 23.7 Å². The van der Waals surface area contributed by atoms with Crippen molar-refractivity contribution in [2.75, 3.05) is 33.7 Å². The van der Waals surface area contributed by atoms with Gasteiger partial charge < -0.3 is 14.0 Å². The molecule has 154 valence electrons. The van der Waals surface area contributed by atoms with Gasteiger partial charge in [0.25, 0.3) is 0 Å². The number of hydrogen-bond acceptors (Lipinski definition) is 2. The summed E-state index contributed by atoms with van der Waals surface area (Å²) in [5.41, 5.74) is 2.83. The number of likely N-dealkylation sites (N-methyl/N-ethyl adjacent to an activating group) is 2. The number of nitrogens with zero attached hydrogens (tertiary/aromatic N) is 4. The molecule has 0 saturated carbocycles. The van der Waals surface area contributed by atoms with E-state index >= 15 is 4.39 Å². The average molecular weight is 406 g/mol. The van der Waals surface area contributed by atoms with Crippen LogP contribution in [-0.4, -0.2) is 52.7 Å². The molecule has 2 aliphatic heterocycles. The summed E-state index contributed by atoms with van der Waals surface area (Å²) in [6.07, 6.45) is 4.04. The molecule has 6 heteroatoms. The molecular formula is C24H24F2N4. The minimum Gasteiger partial charge on any atom is -0.342 e. The van der Waals surface area contributed by atoms with E-state index in [2.05, 4.69) is 39.1 Å². The van der Waals surface area contributed by atoms with Crippen LogP contribution < -0.4 is 0 Å². The summed E-state index contributed by atoms with van der Waals surface area (Å²) in [5.74, 6) is -0.404. The number of likely N-dealkylation sites (tertiary alicyclic amines) is 2. The highest BCUT2D eigenvalue weighted by Gasteiger charge is 2.39. The van der Waals surface area contributed by atoms with Crippen LogP contribution in [0.4, 0.5) is 8.78 Å². The molecule has 2 atom stereocenters. The van der Waals surface area contributed by atoms with Gasteiger partial charge in [0.15, 0.2) is 0 Å². The zero-order valence-corrected chi connectivity index (χ0v) is 17.1. The highest BCUT2D eigenvalue weighted by Crippen LogP contribution is 2.44. The lowest BCUT2D eigenvalue weighted by Gasteiger charge is -2.47. The fourth-order valence-corrected chi connectivity index (χ4v) is 5.36. The summed E-state index contributed by atoms with van der Waals surface area (Å²) in [6, 6.07) is 13.2. The molecule has 0 spiro atoms. The molecule has 4 heterocycles. The van der Waals surface area contributed by atoms with Gasteiger partial charge in [0.05, 0.1) is 29.2 Å². The zero-order chi connectivity index (χ0) is 20.6. The summed E-state index contributed by atoms with van der Waals surface area (Å²) in [6.45, 7) is 2.82. The maximum absolute atomic E-state index is 15.0. The van der Waals surface area contributed by atoms with Crippen LogP contribution in [0.2, 0.25) is 0 Å². The Hall–Kier alpha value is -2.70. The van der Waals surface area contributed by atoms with Crippen molar-refractivity contribution in [1.82, 2.24) is 18.9 Å². The molecule has 6 rings (SSSR count).